The minimum atomic E-state index is -0.319. The average Bonchev–Trinajstić information content (AvgIpc) is 2.07. The fraction of sp³-hybridized carbons (Fsp3) is 0.875. The summed E-state index contributed by atoms with van der Waals surface area (Å²) in [5.41, 5.74) is -0.319. The predicted molar refractivity (Wildman–Crippen MR) is 40.5 cm³/mol. The van der Waals surface area contributed by atoms with Gasteiger partial charge in [0.05, 0.1) is 12.2 Å². The lowest BCUT2D eigenvalue weighted by atomic mass is 9.93. The van der Waals surface area contributed by atoms with Gasteiger partial charge in [0, 0.05) is 20.1 Å². The Kier molecular flexibility index (Phi) is 3.02. The van der Waals surface area contributed by atoms with Gasteiger partial charge in [-0.2, -0.15) is 0 Å². The zero-order valence-corrected chi connectivity index (χ0v) is 6.84. The highest BCUT2D eigenvalue weighted by Crippen LogP contribution is 2.24. The van der Waals surface area contributed by atoms with E-state index in [1.165, 1.54) is 0 Å². The number of hydrogen-bond donors (Lipinski definition) is 0. The molecular weight excluding hydrogens is 144 g/mol. The van der Waals surface area contributed by atoms with Crippen LogP contribution < -0.4 is 0 Å². The third-order valence-electron chi connectivity index (χ3n) is 2.17. The molecule has 1 heterocycles. The van der Waals surface area contributed by atoms with Crippen molar-refractivity contribution in [2.45, 2.75) is 24.9 Å². The molecule has 3 nitrogen and oxygen atoms in total. The van der Waals surface area contributed by atoms with Crippen LogP contribution in [0.2, 0.25) is 0 Å². The van der Waals surface area contributed by atoms with Crippen LogP contribution in [-0.4, -0.2) is 32.2 Å². The molecule has 0 bridgehead atoms. The smallest absolute Gasteiger partial charge is 0.122 e. The summed E-state index contributed by atoms with van der Waals surface area (Å²) < 4.78 is 10.5. The molecule has 0 aliphatic carbocycles. The molecule has 3 heteroatoms. The Morgan fingerprint density at radius 3 is 3.00 bits per heavy atom. The maximum atomic E-state index is 10.3. The van der Waals surface area contributed by atoms with Crippen molar-refractivity contribution < 1.29 is 14.3 Å². The highest BCUT2D eigenvalue weighted by molar-refractivity contribution is 5.51. The number of rotatable bonds is 3. The van der Waals surface area contributed by atoms with Crippen molar-refractivity contribution >= 4 is 6.29 Å². The first kappa shape index (κ1) is 8.68. The first-order chi connectivity index (χ1) is 5.33. The normalized spacial score (nSPS) is 31.7. The summed E-state index contributed by atoms with van der Waals surface area (Å²) in [6.07, 6.45) is 3.27. The predicted octanol–water partition coefficient (Wildman–Crippen LogP) is 0.771. The first-order valence-electron chi connectivity index (χ1n) is 3.89. The van der Waals surface area contributed by atoms with Crippen LogP contribution in [0.3, 0.4) is 0 Å². The molecule has 11 heavy (non-hydrogen) atoms. The molecule has 1 aliphatic heterocycles. The molecule has 1 atom stereocenters. The van der Waals surface area contributed by atoms with Crippen LogP contribution in [0.4, 0.5) is 0 Å². The minimum absolute atomic E-state index is 0.319. The third-order valence-corrected chi connectivity index (χ3v) is 2.17. The van der Waals surface area contributed by atoms with E-state index < -0.39 is 0 Å². The van der Waals surface area contributed by atoms with Crippen molar-refractivity contribution in [3.63, 3.8) is 0 Å². The lowest BCUT2D eigenvalue weighted by Crippen LogP contribution is -2.40. The van der Waals surface area contributed by atoms with Crippen LogP contribution in [-0.2, 0) is 14.3 Å². The second-order valence-electron chi connectivity index (χ2n) is 2.91. The van der Waals surface area contributed by atoms with Crippen LogP contribution >= 0.6 is 0 Å². The Hall–Kier alpha value is -0.410. The zero-order chi connectivity index (χ0) is 8.16. The molecule has 1 unspecified atom stereocenters. The second kappa shape index (κ2) is 3.83. The lowest BCUT2D eigenvalue weighted by Gasteiger charge is -2.33. The van der Waals surface area contributed by atoms with Crippen molar-refractivity contribution in [2.75, 3.05) is 20.3 Å². The summed E-state index contributed by atoms with van der Waals surface area (Å²) in [7, 11) is 1.64. The van der Waals surface area contributed by atoms with Crippen molar-refractivity contribution in [2.24, 2.45) is 0 Å². The number of carbonyl (C=O) groups is 1. The van der Waals surface area contributed by atoms with Crippen LogP contribution in [0, 0.1) is 0 Å². The number of aldehydes is 1. The second-order valence-corrected chi connectivity index (χ2v) is 2.91. The van der Waals surface area contributed by atoms with Crippen molar-refractivity contribution in [3.8, 4) is 0 Å². The molecule has 0 saturated carbocycles. The molecule has 0 aromatic heterocycles. The van der Waals surface area contributed by atoms with Gasteiger partial charge in [0.25, 0.3) is 0 Å². The lowest BCUT2D eigenvalue weighted by molar-refractivity contribution is -0.130. The summed E-state index contributed by atoms with van der Waals surface area (Å²) in [6, 6.07) is 0. The van der Waals surface area contributed by atoms with Gasteiger partial charge in [-0.15, -0.1) is 0 Å². The van der Waals surface area contributed by atoms with Gasteiger partial charge in [-0.05, 0) is 12.8 Å². The zero-order valence-electron chi connectivity index (χ0n) is 6.84. The van der Waals surface area contributed by atoms with Crippen LogP contribution in [0.25, 0.3) is 0 Å². The Bertz CT molecular complexity index is 127. The van der Waals surface area contributed by atoms with E-state index in [9.17, 15) is 4.79 Å². The van der Waals surface area contributed by atoms with E-state index in [1.807, 2.05) is 0 Å². The number of ether oxygens (including phenoxy) is 2. The third kappa shape index (κ3) is 2.01. The topological polar surface area (TPSA) is 35.5 Å². The summed E-state index contributed by atoms with van der Waals surface area (Å²) >= 11 is 0. The Balaban J connectivity index is 2.49. The molecule has 0 amide bonds. The molecule has 1 fully saturated rings. The van der Waals surface area contributed by atoms with Crippen molar-refractivity contribution in [1.29, 1.82) is 0 Å². The van der Waals surface area contributed by atoms with Gasteiger partial charge >= 0.3 is 0 Å². The molecule has 1 saturated heterocycles. The average molecular weight is 158 g/mol. The van der Waals surface area contributed by atoms with Gasteiger partial charge in [0.2, 0.25) is 0 Å². The van der Waals surface area contributed by atoms with Crippen molar-refractivity contribution in [1.82, 2.24) is 0 Å². The summed E-state index contributed by atoms with van der Waals surface area (Å²) in [4.78, 5) is 10.3. The van der Waals surface area contributed by atoms with E-state index in [-0.39, 0.29) is 5.60 Å². The van der Waals surface area contributed by atoms with E-state index in [0.29, 0.717) is 13.0 Å². The van der Waals surface area contributed by atoms with E-state index in [0.717, 1.165) is 25.7 Å². The van der Waals surface area contributed by atoms with Gasteiger partial charge < -0.3 is 14.3 Å². The standard InChI is InChI=1S/C8H14O3/c1-10-8(4-5-9)3-2-6-11-7-8/h5H,2-4,6-7H2,1H3. The summed E-state index contributed by atoms with van der Waals surface area (Å²) in [5, 5.41) is 0. The largest absolute Gasteiger partial charge is 0.378 e. The number of hydrogen-bond acceptors (Lipinski definition) is 3. The highest BCUT2D eigenvalue weighted by Gasteiger charge is 2.31. The molecule has 1 aliphatic rings. The van der Waals surface area contributed by atoms with E-state index >= 15 is 0 Å². The Morgan fingerprint density at radius 1 is 1.73 bits per heavy atom. The van der Waals surface area contributed by atoms with Crippen LogP contribution in [0.5, 0.6) is 0 Å². The fourth-order valence-corrected chi connectivity index (χ4v) is 1.38. The Morgan fingerprint density at radius 2 is 2.55 bits per heavy atom. The van der Waals surface area contributed by atoms with Crippen LogP contribution in [0.1, 0.15) is 19.3 Å². The fourth-order valence-electron chi connectivity index (χ4n) is 1.38. The SMILES string of the molecule is COC1(CC=O)CCCOC1. The van der Waals surface area contributed by atoms with E-state index in [4.69, 9.17) is 9.47 Å². The summed E-state index contributed by atoms with van der Waals surface area (Å²) in [5.74, 6) is 0. The highest BCUT2D eigenvalue weighted by atomic mass is 16.5. The van der Waals surface area contributed by atoms with Gasteiger partial charge in [-0.3, -0.25) is 0 Å². The quantitative estimate of drug-likeness (QED) is 0.569. The molecule has 0 radical (unpaired) electrons. The van der Waals surface area contributed by atoms with Crippen LogP contribution in [0.15, 0.2) is 0 Å². The molecule has 0 spiro atoms. The Labute approximate surface area is 66.7 Å². The van der Waals surface area contributed by atoms with Crippen molar-refractivity contribution in [3.05, 3.63) is 0 Å². The van der Waals surface area contributed by atoms with E-state index in [2.05, 4.69) is 0 Å². The van der Waals surface area contributed by atoms with Gasteiger partial charge in [-0.25, -0.2) is 0 Å². The monoisotopic (exact) mass is 158 g/mol. The van der Waals surface area contributed by atoms with Gasteiger partial charge in [-0.1, -0.05) is 0 Å². The summed E-state index contributed by atoms with van der Waals surface area (Å²) in [6.45, 7) is 1.35. The van der Waals surface area contributed by atoms with Gasteiger partial charge in [0.1, 0.15) is 6.29 Å². The molecule has 1 rings (SSSR count). The number of carbonyl (C=O) groups excluding carboxylic acids is 1. The maximum Gasteiger partial charge on any atom is 0.122 e. The van der Waals surface area contributed by atoms with Gasteiger partial charge in [0.15, 0.2) is 0 Å². The molecule has 0 aromatic carbocycles. The molecule has 64 valence electrons. The number of methoxy groups -OCH3 is 1. The van der Waals surface area contributed by atoms with E-state index in [1.54, 1.807) is 7.11 Å². The molecule has 0 aromatic rings. The minimum Gasteiger partial charge on any atom is -0.378 e. The maximum absolute atomic E-state index is 10.3. The molecule has 0 N–H and O–H groups in total. The first-order valence-corrected chi connectivity index (χ1v) is 3.89. The molecular formula is C8H14O3.